The van der Waals surface area contributed by atoms with Crippen molar-refractivity contribution in [3.8, 4) is 5.75 Å². The molecule has 2 aliphatic carbocycles. The Bertz CT molecular complexity index is 598. The molecule has 0 N–H and O–H groups in total. The highest BCUT2D eigenvalue weighted by atomic mass is 19.3. The third kappa shape index (κ3) is 7.40. The zero-order valence-corrected chi connectivity index (χ0v) is 17.7. The van der Waals surface area contributed by atoms with Gasteiger partial charge in [-0.15, -0.1) is 0 Å². The van der Waals surface area contributed by atoms with Gasteiger partial charge in [0.2, 0.25) is 0 Å². The molecule has 0 aliphatic heterocycles. The van der Waals surface area contributed by atoms with Crippen molar-refractivity contribution in [2.45, 2.75) is 70.8 Å². The van der Waals surface area contributed by atoms with Gasteiger partial charge < -0.3 is 9.47 Å². The van der Waals surface area contributed by atoms with Crippen LogP contribution in [0.15, 0.2) is 36.4 Å². The fourth-order valence-corrected chi connectivity index (χ4v) is 5.31. The summed E-state index contributed by atoms with van der Waals surface area (Å²) in [6.45, 7) is -2.02. The number of ether oxygens (including phenoxy) is 2. The second-order valence-electron chi connectivity index (χ2n) is 8.90. The Labute approximate surface area is 174 Å². The van der Waals surface area contributed by atoms with Crippen LogP contribution >= 0.6 is 0 Å². The molecule has 2 aliphatic rings. The van der Waals surface area contributed by atoms with E-state index in [0.29, 0.717) is 0 Å². The first-order chi connectivity index (χ1) is 14.1. The van der Waals surface area contributed by atoms with E-state index < -0.39 is 6.61 Å². The van der Waals surface area contributed by atoms with Crippen LogP contribution in [0.2, 0.25) is 0 Å². The second-order valence-corrected chi connectivity index (χ2v) is 8.90. The number of aryl methyl sites for hydroxylation is 1. The maximum Gasteiger partial charge on any atom is 0.387 e. The molecule has 0 spiro atoms. The van der Waals surface area contributed by atoms with Crippen molar-refractivity contribution in [1.82, 2.24) is 0 Å². The van der Waals surface area contributed by atoms with Gasteiger partial charge in [0.15, 0.2) is 0 Å². The molecular formula is C25H36F2O2. The van der Waals surface area contributed by atoms with Gasteiger partial charge in [-0.3, -0.25) is 0 Å². The van der Waals surface area contributed by atoms with Crippen molar-refractivity contribution in [2.75, 3.05) is 13.7 Å². The molecule has 0 atom stereocenters. The van der Waals surface area contributed by atoms with E-state index in [4.69, 9.17) is 4.74 Å². The largest absolute Gasteiger partial charge is 0.435 e. The molecule has 3 rings (SSSR count). The fourth-order valence-electron chi connectivity index (χ4n) is 5.31. The molecule has 0 bridgehead atoms. The lowest BCUT2D eigenvalue weighted by Gasteiger charge is -2.37. The maximum atomic E-state index is 12.2. The topological polar surface area (TPSA) is 18.5 Å². The van der Waals surface area contributed by atoms with Crippen molar-refractivity contribution >= 4 is 0 Å². The number of alkyl halides is 2. The average molecular weight is 407 g/mol. The molecular weight excluding hydrogens is 370 g/mol. The Morgan fingerprint density at radius 1 is 0.931 bits per heavy atom. The Kier molecular flexibility index (Phi) is 8.97. The monoisotopic (exact) mass is 406 g/mol. The summed E-state index contributed by atoms with van der Waals surface area (Å²) in [7, 11) is 1.75. The van der Waals surface area contributed by atoms with Crippen LogP contribution in [0.25, 0.3) is 0 Å². The highest BCUT2D eigenvalue weighted by Gasteiger charge is 2.30. The smallest absolute Gasteiger partial charge is 0.387 e. The first kappa shape index (κ1) is 22.3. The number of rotatable bonds is 9. The predicted molar refractivity (Wildman–Crippen MR) is 113 cm³/mol. The van der Waals surface area contributed by atoms with Crippen LogP contribution in [0.3, 0.4) is 0 Å². The van der Waals surface area contributed by atoms with E-state index in [1.54, 1.807) is 19.2 Å². The van der Waals surface area contributed by atoms with E-state index in [0.717, 1.165) is 36.7 Å². The zero-order chi connectivity index (χ0) is 20.5. The Morgan fingerprint density at radius 3 is 2.14 bits per heavy atom. The van der Waals surface area contributed by atoms with Gasteiger partial charge in [-0.2, -0.15) is 8.78 Å². The number of hydrogen-bond acceptors (Lipinski definition) is 2. The molecule has 2 nitrogen and oxygen atoms in total. The van der Waals surface area contributed by atoms with Gasteiger partial charge in [-0.05, 0) is 92.7 Å². The summed E-state index contributed by atoms with van der Waals surface area (Å²) in [6, 6.07) is 7.14. The van der Waals surface area contributed by atoms with E-state index in [9.17, 15) is 8.78 Å². The van der Waals surface area contributed by atoms with Gasteiger partial charge in [0.25, 0.3) is 0 Å². The van der Waals surface area contributed by atoms with Gasteiger partial charge >= 0.3 is 6.61 Å². The Balaban J connectivity index is 1.33. The molecule has 0 saturated heterocycles. The van der Waals surface area contributed by atoms with E-state index in [1.165, 1.54) is 63.4 Å². The highest BCUT2D eigenvalue weighted by Crippen LogP contribution is 2.42. The number of hydrogen-bond donors (Lipinski definition) is 0. The Morgan fingerprint density at radius 2 is 1.55 bits per heavy atom. The van der Waals surface area contributed by atoms with Crippen molar-refractivity contribution in [2.24, 2.45) is 23.7 Å². The first-order valence-electron chi connectivity index (χ1n) is 11.3. The van der Waals surface area contributed by atoms with E-state index in [-0.39, 0.29) is 5.75 Å². The summed E-state index contributed by atoms with van der Waals surface area (Å²) in [4.78, 5) is 0. The first-order valence-corrected chi connectivity index (χ1v) is 11.3. The second kappa shape index (κ2) is 11.7. The molecule has 0 radical (unpaired) electrons. The summed E-state index contributed by atoms with van der Waals surface area (Å²) in [5.41, 5.74) is 1.22. The van der Waals surface area contributed by atoms with Crippen LogP contribution in [0.1, 0.15) is 63.4 Å². The van der Waals surface area contributed by atoms with Crippen LogP contribution in [0.4, 0.5) is 8.78 Å². The van der Waals surface area contributed by atoms with Crippen LogP contribution in [0.5, 0.6) is 5.75 Å². The molecule has 2 saturated carbocycles. The van der Waals surface area contributed by atoms with Gasteiger partial charge in [0.05, 0.1) is 6.61 Å². The summed E-state index contributed by atoms with van der Waals surface area (Å²) in [5.74, 6) is 3.69. The van der Waals surface area contributed by atoms with Crippen LogP contribution in [-0.4, -0.2) is 20.3 Å². The average Bonchev–Trinajstić information content (AvgIpc) is 2.74. The van der Waals surface area contributed by atoms with Crippen LogP contribution < -0.4 is 4.74 Å². The minimum atomic E-state index is -2.75. The molecule has 0 amide bonds. The molecule has 2 fully saturated rings. The van der Waals surface area contributed by atoms with E-state index in [1.807, 2.05) is 12.1 Å². The molecule has 162 valence electrons. The van der Waals surface area contributed by atoms with Gasteiger partial charge in [0.1, 0.15) is 5.75 Å². The summed E-state index contributed by atoms with van der Waals surface area (Å²) >= 11 is 0. The third-order valence-electron chi connectivity index (χ3n) is 7.04. The lowest BCUT2D eigenvalue weighted by Crippen LogP contribution is -2.25. The van der Waals surface area contributed by atoms with Crippen molar-refractivity contribution < 1.29 is 18.3 Å². The molecule has 1 aromatic carbocycles. The SMILES string of the molecule is COCC=CC1CCC(C2CCC(CCc3ccc(OC(F)F)cc3)CC2)CC1. The van der Waals surface area contributed by atoms with Crippen molar-refractivity contribution in [1.29, 1.82) is 0 Å². The molecule has 1 aromatic rings. The zero-order valence-electron chi connectivity index (χ0n) is 17.7. The molecule has 0 aromatic heterocycles. The van der Waals surface area contributed by atoms with Crippen molar-refractivity contribution in [3.05, 3.63) is 42.0 Å². The minimum Gasteiger partial charge on any atom is -0.435 e. The quantitative estimate of drug-likeness (QED) is 0.410. The number of halogens is 2. The maximum absolute atomic E-state index is 12.2. The van der Waals surface area contributed by atoms with Crippen LogP contribution in [0, 0.1) is 23.7 Å². The summed E-state index contributed by atoms with van der Waals surface area (Å²) in [5, 5.41) is 0. The summed E-state index contributed by atoms with van der Waals surface area (Å²) < 4.78 is 34.0. The van der Waals surface area contributed by atoms with E-state index >= 15 is 0 Å². The normalized spacial score (nSPS) is 28.1. The fraction of sp³-hybridized carbons (Fsp3) is 0.680. The van der Waals surface area contributed by atoms with Crippen molar-refractivity contribution in [3.63, 3.8) is 0 Å². The predicted octanol–water partition coefficient (Wildman–Crippen LogP) is 7.04. The van der Waals surface area contributed by atoms with Gasteiger partial charge in [-0.1, -0.05) is 37.1 Å². The molecule has 4 heteroatoms. The van der Waals surface area contributed by atoms with E-state index in [2.05, 4.69) is 16.9 Å². The number of benzene rings is 1. The highest BCUT2D eigenvalue weighted by molar-refractivity contribution is 5.27. The van der Waals surface area contributed by atoms with Crippen LogP contribution in [-0.2, 0) is 11.2 Å². The molecule has 0 unspecified atom stereocenters. The Hall–Kier alpha value is -1.42. The van der Waals surface area contributed by atoms with Gasteiger partial charge in [-0.25, -0.2) is 0 Å². The standard InChI is InChI=1S/C25H36F2O2/c1-28-18-2-3-19-6-12-22(13-7-19)23-14-8-20(9-15-23)4-5-21-10-16-24(17-11-21)29-25(26)27/h2-3,10-11,16-17,19-20,22-23,25H,4-9,12-15,18H2,1H3. The lowest BCUT2D eigenvalue weighted by atomic mass is 9.68. The van der Waals surface area contributed by atoms with Gasteiger partial charge in [0, 0.05) is 7.11 Å². The third-order valence-corrected chi connectivity index (χ3v) is 7.04. The number of methoxy groups -OCH3 is 1. The summed E-state index contributed by atoms with van der Waals surface area (Å²) in [6.07, 6.45) is 17.7. The molecule has 0 heterocycles. The minimum absolute atomic E-state index is 0.244. The molecule has 29 heavy (non-hydrogen) atoms. The lowest BCUT2D eigenvalue weighted by molar-refractivity contribution is -0.0498. The number of allylic oxidation sites excluding steroid dienone is 1.